The Hall–Kier alpha value is -1.61. The Morgan fingerprint density at radius 1 is 1.05 bits per heavy atom. The smallest absolute Gasteiger partial charge is 0.163 e. The molecule has 0 atom stereocenters. The molecule has 0 bridgehead atoms. The molecule has 0 saturated carbocycles. The van der Waals surface area contributed by atoms with Gasteiger partial charge in [0, 0.05) is 22.6 Å². The Labute approximate surface area is 116 Å². The average Bonchev–Trinajstić information content (AvgIpc) is 2.41. The first kappa shape index (κ1) is 13.8. The van der Waals surface area contributed by atoms with E-state index in [1.54, 1.807) is 11.8 Å². The van der Waals surface area contributed by atoms with Gasteiger partial charge in [0.25, 0.3) is 0 Å². The van der Waals surface area contributed by atoms with Crippen LogP contribution in [0.25, 0.3) is 0 Å². The number of rotatable bonds is 5. The standard InChI is InChI=1S/C16H15FOS/c1-12-2-8-15(9-3-12)19-11-10-16(18)13-4-6-14(17)7-5-13/h2-9H,10-11H2,1H3. The summed E-state index contributed by atoms with van der Waals surface area (Å²) in [6, 6.07) is 13.9. The fourth-order valence-corrected chi connectivity index (χ4v) is 2.53. The van der Waals surface area contributed by atoms with E-state index in [2.05, 4.69) is 24.3 Å². The second-order valence-corrected chi connectivity index (χ2v) is 5.51. The van der Waals surface area contributed by atoms with E-state index in [-0.39, 0.29) is 11.6 Å². The summed E-state index contributed by atoms with van der Waals surface area (Å²) in [5, 5.41) is 0. The molecule has 0 heterocycles. The third-order valence-electron chi connectivity index (χ3n) is 2.79. The highest BCUT2D eigenvalue weighted by Gasteiger charge is 2.06. The number of halogens is 1. The summed E-state index contributed by atoms with van der Waals surface area (Å²) in [7, 11) is 0. The molecule has 0 fully saturated rings. The van der Waals surface area contributed by atoms with Gasteiger partial charge in [0.05, 0.1) is 0 Å². The monoisotopic (exact) mass is 274 g/mol. The van der Waals surface area contributed by atoms with Gasteiger partial charge in [0.2, 0.25) is 0 Å². The predicted octanol–water partition coefficient (Wildman–Crippen LogP) is 4.50. The van der Waals surface area contributed by atoms with Crippen molar-refractivity contribution in [1.82, 2.24) is 0 Å². The van der Waals surface area contributed by atoms with Crippen LogP contribution in [0.15, 0.2) is 53.4 Å². The van der Waals surface area contributed by atoms with E-state index in [9.17, 15) is 9.18 Å². The van der Waals surface area contributed by atoms with Crippen LogP contribution >= 0.6 is 11.8 Å². The number of hydrogen-bond acceptors (Lipinski definition) is 2. The van der Waals surface area contributed by atoms with Gasteiger partial charge in [-0.05, 0) is 43.3 Å². The van der Waals surface area contributed by atoms with Crippen LogP contribution < -0.4 is 0 Å². The Morgan fingerprint density at radius 3 is 2.32 bits per heavy atom. The number of carbonyl (C=O) groups excluding carboxylic acids is 1. The molecular weight excluding hydrogens is 259 g/mol. The van der Waals surface area contributed by atoms with Crippen molar-refractivity contribution in [2.24, 2.45) is 0 Å². The first-order valence-electron chi connectivity index (χ1n) is 6.13. The molecule has 3 heteroatoms. The Bertz CT molecular complexity index is 546. The van der Waals surface area contributed by atoms with E-state index in [1.165, 1.54) is 29.8 Å². The molecule has 0 unspecified atom stereocenters. The van der Waals surface area contributed by atoms with Gasteiger partial charge in [-0.25, -0.2) is 4.39 Å². The molecule has 0 aliphatic heterocycles. The summed E-state index contributed by atoms with van der Waals surface area (Å²) in [5.41, 5.74) is 1.80. The van der Waals surface area contributed by atoms with Crippen LogP contribution in [0.5, 0.6) is 0 Å². The zero-order chi connectivity index (χ0) is 13.7. The number of benzene rings is 2. The zero-order valence-electron chi connectivity index (χ0n) is 10.7. The van der Waals surface area contributed by atoms with Crippen LogP contribution in [0.2, 0.25) is 0 Å². The predicted molar refractivity (Wildman–Crippen MR) is 77.3 cm³/mol. The molecule has 0 spiro atoms. The molecule has 19 heavy (non-hydrogen) atoms. The van der Waals surface area contributed by atoms with Crippen molar-refractivity contribution in [3.05, 3.63) is 65.5 Å². The average molecular weight is 274 g/mol. The van der Waals surface area contributed by atoms with E-state index < -0.39 is 0 Å². The van der Waals surface area contributed by atoms with Gasteiger partial charge in [-0.2, -0.15) is 0 Å². The SMILES string of the molecule is Cc1ccc(SCCC(=O)c2ccc(F)cc2)cc1. The highest BCUT2D eigenvalue weighted by atomic mass is 32.2. The van der Waals surface area contributed by atoms with Crippen molar-refractivity contribution in [3.63, 3.8) is 0 Å². The largest absolute Gasteiger partial charge is 0.294 e. The topological polar surface area (TPSA) is 17.1 Å². The third kappa shape index (κ3) is 4.21. The third-order valence-corrected chi connectivity index (χ3v) is 3.80. The molecule has 0 aliphatic carbocycles. The molecule has 0 aliphatic rings. The Kier molecular flexibility index (Phi) is 4.74. The molecule has 2 aromatic carbocycles. The summed E-state index contributed by atoms with van der Waals surface area (Å²) in [6.07, 6.45) is 0.462. The van der Waals surface area contributed by atoms with Crippen LogP contribution in [0.1, 0.15) is 22.3 Å². The van der Waals surface area contributed by atoms with Crippen molar-refractivity contribution < 1.29 is 9.18 Å². The molecule has 0 radical (unpaired) electrons. The van der Waals surface area contributed by atoms with E-state index >= 15 is 0 Å². The first-order valence-corrected chi connectivity index (χ1v) is 7.12. The van der Waals surface area contributed by atoms with Crippen LogP contribution in [-0.4, -0.2) is 11.5 Å². The minimum Gasteiger partial charge on any atom is -0.294 e. The lowest BCUT2D eigenvalue weighted by atomic mass is 10.1. The lowest BCUT2D eigenvalue weighted by Crippen LogP contribution is -2.00. The second-order valence-electron chi connectivity index (χ2n) is 4.34. The van der Waals surface area contributed by atoms with Crippen LogP contribution in [0.3, 0.4) is 0 Å². The summed E-state index contributed by atoms with van der Waals surface area (Å²) in [5.74, 6) is 0.476. The molecule has 1 nitrogen and oxygen atoms in total. The summed E-state index contributed by atoms with van der Waals surface area (Å²) in [6.45, 7) is 2.05. The molecular formula is C16H15FOS. The van der Waals surface area contributed by atoms with Crippen molar-refractivity contribution in [2.45, 2.75) is 18.2 Å². The molecule has 98 valence electrons. The minimum atomic E-state index is -0.314. The van der Waals surface area contributed by atoms with Gasteiger partial charge in [-0.1, -0.05) is 17.7 Å². The maximum absolute atomic E-state index is 12.7. The van der Waals surface area contributed by atoms with Crippen molar-refractivity contribution in [1.29, 1.82) is 0 Å². The fraction of sp³-hybridized carbons (Fsp3) is 0.188. The maximum atomic E-state index is 12.7. The van der Waals surface area contributed by atoms with Gasteiger partial charge in [0.15, 0.2) is 5.78 Å². The lowest BCUT2D eigenvalue weighted by Gasteiger charge is -2.02. The molecule has 0 amide bonds. The van der Waals surface area contributed by atoms with Crippen molar-refractivity contribution >= 4 is 17.5 Å². The first-order chi connectivity index (χ1) is 9.15. The fourth-order valence-electron chi connectivity index (χ4n) is 1.68. The van der Waals surface area contributed by atoms with E-state index in [4.69, 9.17) is 0 Å². The van der Waals surface area contributed by atoms with Gasteiger partial charge in [0.1, 0.15) is 5.82 Å². The van der Waals surface area contributed by atoms with Crippen molar-refractivity contribution in [2.75, 3.05) is 5.75 Å². The van der Waals surface area contributed by atoms with E-state index in [0.717, 1.165) is 10.6 Å². The number of ketones is 1. The quantitative estimate of drug-likeness (QED) is 0.590. The number of carbonyl (C=O) groups is 1. The van der Waals surface area contributed by atoms with Gasteiger partial charge in [-0.15, -0.1) is 11.8 Å². The zero-order valence-corrected chi connectivity index (χ0v) is 11.5. The number of Topliss-reactive ketones (excluding diaryl/α,β-unsaturated/α-hetero) is 1. The van der Waals surface area contributed by atoms with Crippen LogP contribution in [-0.2, 0) is 0 Å². The normalized spacial score (nSPS) is 10.4. The molecule has 0 N–H and O–H groups in total. The summed E-state index contributed by atoms with van der Waals surface area (Å²) in [4.78, 5) is 13.0. The number of hydrogen-bond donors (Lipinski definition) is 0. The van der Waals surface area contributed by atoms with Gasteiger partial charge >= 0.3 is 0 Å². The lowest BCUT2D eigenvalue weighted by molar-refractivity contribution is 0.0989. The Balaban J connectivity index is 1.84. The summed E-state index contributed by atoms with van der Waals surface area (Å²) < 4.78 is 12.7. The highest BCUT2D eigenvalue weighted by Crippen LogP contribution is 2.20. The number of aryl methyl sites for hydroxylation is 1. The highest BCUT2D eigenvalue weighted by molar-refractivity contribution is 7.99. The minimum absolute atomic E-state index is 0.0552. The van der Waals surface area contributed by atoms with Gasteiger partial charge < -0.3 is 0 Å². The maximum Gasteiger partial charge on any atom is 0.163 e. The Morgan fingerprint density at radius 2 is 1.68 bits per heavy atom. The van der Waals surface area contributed by atoms with E-state index in [1.807, 2.05) is 6.92 Å². The molecule has 0 saturated heterocycles. The van der Waals surface area contributed by atoms with Crippen LogP contribution in [0.4, 0.5) is 4.39 Å². The summed E-state index contributed by atoms with van der Waals surface area (Å²) >= 11 is 1.66. The van der Waals surface area contributed by atoms with Gasteiger partial charge in [-0.3, -0.25) is 4.79 Å². The van der Waals surface area contributed by atoms with Crippen molar-refractivity contribution in [3.8, 4) is 0 Å². The molecule has 2 aromatic rings. The molecule has 0 aromatic heterocycles. The van der Waals surface area contributed by atoms with Crippen LogP contribution in [0, 0.1) is 12.7 Å². The molecule has 2 rings (SSSR count). The van der Waals surface area contributed by atoms with E-state index in [0.29, 0.717) is 12.0 Å². The second kappa shape index (κ2) is 6.53. The number of thioether (sulfide) groups is 1.